The van der Waals surface area contributed by atoms with E-state index in [4.69, 9.17) is 4.42 Å². The van der Waals surface area contributed by atoms with E-state index in [1.54, 1.807) is 47.0 Å². The molecule has 0 radical (unpaired) electrons. The smallest absolute Gasteiger partial charge is 0.408 e. The largest absolute Gasteiger partial charge is 0.419 e. The lowest BCUT2D eigenvalue weighted by molar-refractivity contribution is -0.116. The molecule has 35 heavy (non-hydrogen) atoms. The van der Waals surface area contributed by atoms with Crippen molar-refractivity contribution in [2.24, 2.45) is 0 Å². The molecule has 2 amide bonds. The molecule has 1 aromatic heterocycles. The van der Waals surface area contributed by atoms with Gasteiger partial charge in [-0.3, -0.25) is 14.2 Å². The van der Waals surface area contributed by atoms with Gasteiger partial charge in [0.25, 0.3) is 5.91 Å². The van der Waals surface area contributed by atoms with Crippen molar-refractivity contribution in [3.63, 3.8) is 0 Å². The van der Waals surface area contributed by atoms with Gasteiger partial charge in [-0.25, -0.2) is 4.79 Å². The highest BCUT2D eigenvalue weighted by atomic mass is 16.4. The molecule has 1 heterocycles. The van der Waals surface area contributed by atoms with Crippen molar-refractivity contribution in [1.82, 2.24) is 14.8 Å². The minimum atomic E-state index is -0.514. The number of anilines is 1. The second-order valence-corrected chi connectivity index (χ2v) is 8.56. The van der Waals surface area contributed by atoms with E-state index in [1.807, 2.05) is 55.4 Å². The topological polar surface area (TPSA) is 96.6 Å². The SMILES string of the molecule is CN(C)CCn1c(=O)oc2ccc(NC(=O)CC(NC(=O)c3ccccc3)c3ccccc3)cc21. The second-order valence-electron chi connectivity index (χ2n) is 8.56. The third-order valence-electron chi connectivity index (χ3n) is 5.65. The van der Waals surface area contributed by atoms with Crippen molar-refractivity contribution in [3.05, 3.63) is 101 Å². The summed E-state index contributed by atoms with van der Waals surface area (Å²) in [5.74, 6) is -0.952. The van der Waals surface area contributed by atoms with E-state index < -0.39 is 11.8 Å². The summed E-state index contributed by atoms with van der Waals surface area (Å²) >= 11 is 0. The van der Waals surface area contributed by atoms with Gasteiger partial charge in [0.2, 0.25) is 5.91 Å². The molecule has 180 valence electrons. The van der Waals surface area contributed by atoms with Crippen LogP contribution in [0, 0.1) is 0 Å². The number of amides is 2. The standard InChI is InChI=1S/C27H28N4O4/c1-30(2)15-16-31-23-17-21(13-14-24(23)35-27(31)34)28-25(32)18-22(19-9-5-3-6-10-19)29-26(33)20-11-7-4-8-12-20/h3-14,17,22H,15-16,18H2,1-2H3,(H,28,32)(H,29,33). The van der Waals surface area contributed by atoms with Crippen molar-refractivity contribution < 1.29 is 14.0 Å². The Morgan fingerprint density at radius 3 is 2.34 bits per heavy atom. The van der Waals surface area contributed by atoms with Crippen molar-refractivity contribution in [1.29, 1.82) is 0 Å². The first-order chi connectivity index (χ1) is 16.9. The fourth-order valence-corrected chi connectivity index (χ4v) is 3.82. The number of likely N-dealkylation sites (N-methyl/N-ethyl adjacent to an activating group) is 1. The van der Waals surface area contributed by atoms with Crippen LogP contribution in [0.15, 0.2) is 88.1 Å². The lowest BCUT2D eigenvalue weighted by Gasteiger charge is -2.19. The summed E-state index contributed by atoms with van der Waals surface area (Å²) in [5.41, 5.74) is 2.98. The normalized spacial score (nSPS) is 12.0. The maximum absolute atomic E-state index is 13.0. The number of carbonyl (C=O) groups excluding carboxylic acids is 2. The molecule has 4 aromatic rings. The minimum Gasteiger partial charge on any atom is -0.408 e. The molecule has 3 aromatic carbocycles. The quantitative estimate of drug-likeness (QED) is 0.388. The van der Waals surface area contributed by atoms with E-state index in [9.17, 15) is 14.4 Å². The van der Waals surface area contributed by atoms with Crippen LogP contribution in [0.2, 0.25) is 0 Å². The summed E-state index contributed by atoms with van der Waals surface area (Å²) in [5, 5.41) is 5.86. The molecule has 2 N–H and O–H groups in total. The molecule has 0 saturated heterocycles. The first-order valence-electron chi connectivity index (χ1n) is 11.4. The third-order valence-corrected chi connectivity index (χ3v) is 5.65. The number of nitrogens with zero attached hydrogens (tertiary/aromatic N) is 2. The van der Waals surface area contributed by atoms with Crippen LogP contribution in [-0.2, 0) is 11.3 Å². The average Bonchev–Trinajstić information content (AvgIpc) is 3.17. The van der Waals surface area contributed by atoms with Crippen molar-refractivity contribution in [2.75, 3.05) is 26.0 Å². The molecule has 0 aliphatic heterocycles. The Bertz CT molecular complexity index is 1360. The highest BCUT2D eigenvalue weighted by molar-refractivity contribution is 5.96. The van der Waals surface area contributed by atoms with Crippen LogP contribution < -0.4 is 16.4 Å². The van der Waals surface area contributed by atoms with Crippen LogP contribution in [0.1, 0.15) is 28.4 Å². The fraction of sp³-hybridized carbons (Fsp3) is 0.222. The number of fused-ring (bicyclic) bond motifs is 1. The van der Waals surface area contributed by atoms with E-state index in [-0.39, 0.29) is 18.2 Å². The molecule has 0 bridgehead atoms. The van der Waals surface area contributed by atoms with Crippen LogP contribution in [-0.4, -0.2) is 41.9 Å². The van der Waals surface area contributed by atoms with Gasteiger partial charge in [0.15, 0.2) is 5.58 Å². The van der Waals surface area contributed by atoms with Crippen LogP contribution in [0.4, 0.5) is 5.69 Å². The van der Waals surface area contributed by atoms with Crippen molar-refractivity contribution in [2.45, 2.75) is 19.0 Å². The maximum atomic E-state index is 13.0. The van der Waals surface area contributed by atoms with Gasteiger partial charge in [-0.1, -0.05) is 48.5 Å². The van der Waals surface area contributed by atoms with E-state index in [0.29, 0.717) is 35.4 Å². The number of hydrogen-bond donors (Lipinski definition) is 2. The van der Waals surface area contributed by atoms with Crippen molar-refractivity contribution >= 4 is 28.6 Å². The molecule has 8 heteroatoms. The Balaban J connectivity index is 1.51. The average molecular weight is 473 g/mol. The van der Waals surface area contributed by atoms with Gasteiger partial charge in [0.1, 0.15) is 0 Å². The summed E-state index contributed by atoms with van der Waals surface area (Å²) < 4.78 is 6.88. The monoisotopic (exact) mass is 472 g/mol. The minimum absolute atomic E-state index is 0.0411. The van der Waals surface area contributed by atoms with Gasteiger partial charge in [0.05, 0.1) is 18.0 Å². The summed E-state index contributed by atoms with van der Waals surface area (Å²) in [6, 6.07) is 22.9. The summed E-state index contributed by atoms with van der Waals surface area (Å²) in [6.07, 6.45) is 0.0411. The number of carbonyl (C=O) groups is 2. The van der Waals surface area contributed by atoms with E-state index in [1.165, 1.54) is 0 Å². The Morgan fingerprint density at radius 2 is 1.66 bits per heavy atom. The maximum Gasteiger partial charge on any atom is 0.419 e. The van der Waals surface area contributed by atoms with Gasteiger partial charge in [-0.2, -0.15) is 0 Å². The van der Waals surface area contributed by atoms with Gasteiger partial charge in [-0.15, -0.1) is 0 Å². The number of oxazole rings is 1. The Hall–Kier alpha value is -4.17. The van der Waals surface area contributed by atoms with E-state index >= 15 is 0 Å². The molecule has 8 nitrogen and oxygen atoms in total. The lowest BCUT2D eigenvalue weighted by atomic mass is 10.0. The van der Waals surface area contributed by atoms with Crippen LogP contribution in [0.5, 0.6) is 0 Å². The highest BCUT2D eigenvalue weighted by Gasteiger charge is 2.20. The zero-order valence-corrected chi connectivity index (χ0v) is 19.7. The number of aromatic nitrogens is 1. The predicted molar refractivity (Wildman–Crippen MR) is 135 cm³/mol. The number of rotatable bonds is 9. The van der Waals surface area contributed by atoms with Gasteiger partial charge < -0.3 is 20.0 Å². The summed E-state index contributed by atoms with van der Waals surface area (Å²) in [4.78, 5) is 40.0. The Kier molecular flexibility index (Phi) is 7.42. The highest BCUT2D eigenvalue weighted by Crippen LogP contribution is 2.21. The summed E-state index contributed by atoms with van der Waals surface area (Å²) in [6.45, 7) is 1.14. The fourth-order valence-electron chi connectivity index (χ4n) is 3.82. The Labute approximate surface area is 203 Å². The van der Waals surface area contributed by atoms with Gasteiger partial charge >= 0.3 is 5.76 Å². The van der Waals surface area contributed by atoms with Gasteiger partial charge in [0, 0.05) is 24.3 Å². The van der Waals surface area contributed by atoms with E-state index in [2.05, 4.69) is 10.6 Å². The van der Waals surface area contributed by atoms with Crippen LogP contribution >= 0.6 is 0 Å². The molecule has 1 unspecified atom stereocenters. The third kappa shape index (κ3) is 6.04. The first-order valence-corrected chi connectivity index (χ1v) is 11.4. The zero-order chi connectivity index (χ0) is 24.8. The molecular formula is C27H28N4O4. The number of benzene rings is 3. The number of nitrogens with one attached hydrogen (secondary N) is 2. The molecule has 4 rings (SSSR count). The predicted octanol–water partition coefficient (Wildman–Crippen LogP) is 3.66. The van der Waals surface area contributed by atoms with Gasteiger partial charge in [-0.05, 0) is 50.0 Å². The molecular weight excluding hydrogens is 444 g/mol. The molecule has 0 spiro atoms. The second kappa shape index (κ2) is 10.8. The zero-order valence-electron chi connectivity index (χ0n) is 19.7. The van der Waals surface area contributed by atoms with Crippen LogP contribution in [0.25, 0.3) is 11.1 Å². The van der Waals surface area contributed by atoms with Crippen molar-refractivity contribution in [3.8, 4) is 0 Å². The molecule has 0 aliphatic rings. The molecule has 0 saturated carbocycles. The summed E-state index contributed by atoms with van der Waals surface area (Å²) in [7, 11) is 3.86. The number of hydrogen-bond acceptors (Lipinski definition) is 5. The first kappa shape index (κ1) is 24.0. The molecule has 0 aliphatic carbocycles. The Morgan fingerprint density at radius 1 is 0.971 bits per heavy atom. The van der Waals surface area contributed by atoms with E-state index in [0.717, 1.165) is 5.56 Å². The lowest BCUT2D eigenvalue weighted by Crippen LogP contribution is -2.31. The molecule has 0 fully saturated rings. The van der Waals surface area contributed by atoms with Crippen LogP contribution in [0.3, 0.4) is 0 Å². The molecule has 1 atom stereocenters.